The van der Waals surface area contributed by atoms with Crippen LogP contribution >= 0.6 is 44.0 Å². The number of hydrogen-bond acceptors (Lipinski definition) is 1. The van der Waals surface area contributed by atoms with Crippen molar-refractivity contribution >= 4 is 44.0 Å². The molecular formula is C2H2IOP3. The van der Waals surface area contributed by atoms with Crippen LogP contribution in [-0.4, -0.2) is 9.07 Å². The lowest BCUT2D eigenvalue weighted by molar-refractivity contribution is 0.598. The topological polar surface area (TPSA) is 17.1 Å². The SMILES string of the molecule is O=P1=P2=PC12CI. The van der Waals surface area contributed by atoms with Gasteiger partial charge >= 0.3 is 0 Å². The lowest BCUT2D eigenvalue weighted by atomic mass is 10.9. The van der Waals surface area contributed by atoms with E-state index in [1.165, 1.54) is 7.87 Å². The quantitative estimate of drug-likeness (QED) is 0.403. The van der Waals surface area contributed by atoms with E-state index in [1.54, 1.807) is 0 Å². The molecule has 0 spiro atoms. The van der Waals surface area contributed by atoms with Gasteiger partial charge in [0.15, 0.2) is 0 Å². The lowest BCUT2D eigenvalue weighted by Crippen LogP contribution is -1.85. The summed E-state index contributed by atoms with van der Waals surface area (Å²) in [5.74, 6) is 0. The molecule has 5 heteroatoms. The van der Waals surface area contributed by atoms with Gasteiger partial charge in [0.1, 0.15) is 11.7 Å². The highest BCUT2D eigenvalue weighted by Crippen LogP contribution is 2.96. The van der Waals surface area contributed by atoms with Crippen LogP contribution in [0.4, 0.5) is 0 Å². The first-order valence-corrected chi connectivity index (χ1v) is 8.31. The molecule has 2 rings (SSSR count). The Bertz CT molecular complexity index is 248. The van der Waals surface area contributed by atoms with Gasteiger partial charge in [-0.05, 0) is 14.4 Å². The second-order valence-electron chi connectivity index (χ2n) is 1.57. The first kappa shape index (κ1) is 5.23. The van der Waals surface area contributed by atoms with E-state index < -0.39 is 7.09 Å². The van der Waals surface area contributed by atoms with E-state index in [0.717, 1.165) is 4.43 Å². The summed E-state index contributed by atoms with van der Waals surface area (Å²) in [6.45, 7) is 0.125. The molecule has 2 aliphatic rings. The highest BCUT2D eigenvalue weighted by molar-refractivity contribution is 14.1. The standard InChI is InChI=1S/C2H2IOP3/c3-1-2-5-7(2)6(2)4/h1H2. The maximum atomic E-state index is 10.7. The summed E-state index contributed by atoms with van der Waals surface area (Å²) in [6.07, 6.45) is 0. The Labute approximate surface area is 57.7 Å². The number of hydrogen-bond donors (Lipinski definition) is 0. The molecule has 1 nitrogen and oxygen atoms in total. The highest BCUT2D eigenvalue weighted by Gasteiger charge is 2.58. The molecule has 38 valence electrons. The zero-order chi connectivity index (χ0) is 5.07. The molecule has 0 radical (unpaired) electrons. The summed E-state index contributed by atoms with van der Waals surface area (Å²) in [5.41, 5.74) is 0. The summed E-state index contributed by atoms with van der Waals surface area (Å²) in [6, 6.07) is 0. The van der Waals surface area contributed by atoms with Gasteiger partial charge in [-0.3, -0.25) is 4.57 Å². The van der Waals surface area contributed by atoms with Crippen molar-refractivity contribution in [2.24, 2.45) is 0 Å². The van der Waals surface area contributed by atoms with Crippen molar-refractivity contribution in [3.63, 3.8) is 0 Å². The molecule has 2 aliphatic heterocycles. The molecule has 3 atom stereocenters. The fraction of sp³-hybridized carbons (Fsp3) is 1.00. The van der Waals surface area contributed by atoms with Crippen molar-refractivity contribution in [3.05, 3.63) is 0 Å². The van der Waals surface area contributed by atoms with Crippen LogP contribution in [0.5, 0.6) is 0 Å². The molecule has 0 N–H and O–H groups in total. The van der Waals surface area contributed by atoms with Gasteiger partial charge in [-0.15, -0.1) is 0 Å². The van der Waals surface area contributed by atoms with Crippen molar-refractivity contribution in [3.8, 4) is 0 Å². The second-order valence-corrected chi connectivity index (χ2v) is 12.0. The minimum atomic E-state index is -0.624. The van der Waals surface area contributed by atoms with Crippen LogP contribution in [0.1, 0.15) is 0 Å². The van der Waals surface area contributed by atoms with Crippen LogP contribution < -0.4 is 0 Å². The van der Waals surface area contributed by atoms with Gasteiger partial charge in [0.25, 0.3) is 0 Å². The van der Waals surface area contributed by atoms with Crippen molar-refractivity contribution in [2.45, 2.75) is 4.64 Å². The minimum absolute atomic E-state index is 0.125. The van der Waals surface area contributed by atoms with Crippen LogP contribution in [0.15, 0.2) is 0 Å². The van der Waals surface area contributed by atoms with Gasteiger partial charge in [-0.25, -0.2) is 0 Å². The van der Waals surface area contributed by atoms with Gasteiger partial charge in [0.05, 0.1) is 0 Å². The summed E-state index contributed by atoms with van der Waals surface area (Å²) in [4.78, 5) is 0. The van der Waals surface area contributed by atoms with E-state index in [-0.39, 0.29) is 6.50 Å². The molecule has 0 saturated heterocycles. The molecule has 0 bridgehead atoms. The van der Waals surface area contributed by atoms with Gasteiger partial charge in [-0.2, -0.15) is 0 Å². The Morgan fingerprint density at radius 3 is 2.43 bits per heavy atom. The van der Waals surface area contributed by atoms with Crippen molar-refractivity contribution < 1.29 is 4.57 Å². The van der Waals surface area contributed by atoms with Crippen LogP contribution in [-0.2, 0) is 4.57 Å². The third kappa shape index (κ3) is 0.477. The average Bonchev–Trinajstić information content (AvgIpc) is 2.49. The zero-order valence-electron chi connectivity index (χ0n) is 3.33. The molecule has 7 heavy (non-hydrogen) atoms. The molecule has 2 heterocycles. The number of rotatable bonds is 1. The lowest BCUT2D eigenvalue weighted by Gasteiger charge is -1.82. The fourth-order valence-corrected chi connectivity index (χ4v) is 17.7. The largest absolute Gasteiger partial charge is 0.276 e. The van der Waals surface area contributed by atoms with E-state index >= 15 is 0 Å². The summed E-state index contributed by atoms with van der Waals surface area (Å²) in [7, 11) is 0.915. The molecule has 0 aromatic carbocycles. The van der Waals surface area contributed by atoms with E-state index in [9.17, 15) is 4.57 Å². The van der Waals surface area contributed by atoms with E-state index in [2.05, 4.69) is 22.6 Å². The smallest absolute Gasteiger partial charge is 0.150 e. The third-order valence-electron chi connectivity index (χ3n) is 1.15. The van der Waals surface area contributed by atoms with Crippen molar-refractivity contribution in [1.29, 1.82) is 0 Å². The van der Waals surface area contributed by atoms with Crippen molar-refractivity contribution in [2.75, 3.05) is 4.43 Å². The Morgan fingerprint density at radius 2 is 2.43 bits per heavy atom. The summed E-state index contributed by atoms with van der Waals surface area (Å²) < 4.78 is 12.3. The zero-order valence-corrected chi connectivity index (χ0v) is 8.18. The Kier molecular flexibility index (Phi) is 0.965. The molecular weight excluding hydrogens is 260 g/mol. The van der Waals surface area contributed by atoms with Crippen molar-refractivity contribution in [1.82, 2.24) is 0 Å². The predicted octanol–water partition coefficient (Wildman–Crippen LogP) is 3.19. The fourth-order valence-electron chi connectivity index (χ4n) is 0.515. The third-order valence-corrected chi connectivity index (χ3v) is 17.5. The predicted molar refractivity (Wildman–Crippen MR) is 43.1 cm³/mol. The van der Waals surface area contributed by atoms with E-state index in [1.807, 2.05) is 0 Å². The molecule has 0 fully saturated rings. The monoisotopic (exact) mass is 262 g/mol. The summed E-state index contributed by atoms with van der Waals surface area (Å²) >= 11 is 2.34. The maximum Gasteiger partial charge on any atom is 0.150 e. The highest BCUT2D eigenvalue weighted by atomic mass is 127. The number of fused-ring (bicyclic) bond motifs is 1. The second kappa shape index (κ2) is 1.29. The van der Waals surface area contributed by atoms with Gasteiger partial charge < -0.3 is 0 Å². The molecule has 0 amide bonds. The Balaban J connectivity index is 2.46. The normalized spacial score (nSPS) is 55.0. The molecule has 3 unspecified atom stereocenters. The Hall–Kier alpha value is 1.43. The minimum Gasteiger partial charge on any atom is -0.276 e. The number of alkyl halides is 1. The molecule has 0 aromatic heterocycles. The van der Waals surface area contributed by atoms with Crippen LogP contribution in [0.3, 0.4) is 0 Å². The Morgan fingerprint density at radius 1 is 1.86 bits per heavy atom. The molecule has 0 aliphatic carbocycles. The first-order chi connectivity index (χ1) is 3.31. The number of halogens is 1. The van der Waals surface area contributed by atoms with Crippen LogP contribution in [0.25, 0.3) is 0 Å². The van der Waals surface area contributed by atoms with Gasteiger partial charge in [0.2, 0.25) is 0 Å². The first-order valence-electron chi connectivity index (χ1n) is 1.87. The van der Waals surface area contributed by atoms with Crippen LogP contribution in [0.2, 0.25) is 0 Å². The van der Waals surface area contributed by atoms with E-state index in [0.29, 0.717) is 4.64 Å². The summed E-state index contributed by atoms with van der Waals surface area (Å²) in [5, 5.41) is 0. The maximum absolute atomic E-state index is 10.7. The van der Waals surface area contributed by atoms with Gasteiger partial charge in [-0.1, -0.05) is 22.6 Å². The van der Waals surface area contributed by atoms with Gasteiger partial charge in [0, 0.05) is 4.43 Å². The van der Waals surface area contributed by atoms with E-state index in [4.69, 9.17) is 0 Å². The average molecular weight is 262 g/mol. The van der Waals surface area contributed by atoms with Crippen LogP contribution in [0, 0.1) is 0 Å². The molecule has 0 aromatic rings. The molecule has 0 saturated carbocycles.